The molecule has 1 saturated heterocycles. The SMILES string of the molecule is COc1ccc(/C=C2/C(=O)c3ccc(C)cc3C2N2CCOCC2)cc1. The first kappa shape index (κ1) is 17.0. The van der Waals surface area contributed by atoms with E-state index in [2.05, 4.69) is 17.9 Å². The molecule has 0 spiro atoms. The third-order valence-electron chi connectivity index (χ3n) is 5.15. The number of aryl methyl sites for hydroxylation is 1. The Bertz CT molecular complexity index is 848. The van der Waals surface area contributed by atoms with Gasteiger partial charge in [-0.25, -0.2) is 0 Å². The normalized spacial score (nSPS) is 21.8. The van der Waals surface area contributed by atoms with Crippen LogP contribution < -0.4 is 4.74 Å². The number of benzene rings is 2. The lowest BCUT2D eigenvalue weighted by atomic mass is 10.0. The van der Waals surface area contributed by atoms with Crippen LogP contribution in [0.5, 0.6) is 5.75 Å². The first-order valence-electron chi connectivity index (χ1n) is 9.00. The maximum Gasteiger partial charge on any atom is 0.191 e. The van der Waals surface area contributed by atoms with E-state index in [1.165, 1.54) is 5.56 Å². The molecule has 4 nitrogen and oxygen atoms in total. The van der Waals surface area contributed by atoms with Gasteiger partial charge in [0.25, 0.3) is 0 Å². The zero-order valence-electron chi connectivity index (χ0n) is 15.2. The summed E-state index contributed by atoms with van der Waals surface area (Å²) < 4.78 is 10.7. The maximum absolute atomic E-state index is 13.1. The highest BCUT2D eigenvalue weighted by Crippen LogP contribution is 2.41. The van der Waals surface area contributed by atoms with Gasteiger partial charge >= 0.3 is 0 Å². The number of morpholine rings is 1. The molecule has 2 aliphatic rings. The second-order valence-electron chi connectivity index (χ2n) is 6.84. The molecule has 1 aliphatic carbocycles. The zero-order chi connectivity index (χ0) is 18.1. The quantitative estimate of drug-likeness (QED) is 0.793. The van der Waals surface area contributed by atoms with Crippen molar-refractivity contribution in [2.45, 2.75) is 13.0 Å². The summed E-state index contributed by atoms with van der Waals surface area (Å²) in [6.45, 7) is 5.17. The van der Waals surface area contributed by atoms with Crippen molar-refractivity contribution >= 4 is 11.9 Å². The van der Waals surface area contributed by atoms with E-state index in [1.54, 1.807) is 7.11 Å². The van der Waals surface area contributed by atoms with E-state index >= 15 is 0 Å². The van der Waals surface area contributed by atoms with Crippen molar-refractivity contribution in [2.24, 2.45) is 0 Å². The van der Waals surface area contributed by atoms with E-state index in [4.69, 9.17) is 9.47 Å². The van der Waals surface area contributed by atoms with E-state index < -0.39 is 0 Å². The summed E-state index contributed by atoms with van der Waals surface area (Å²) in [6.07, 6.45) is 2.03. The molecule has 134 valence electrons. The number of methoxy groups -OCH3 is 1. The highest BCUT2D eigenvalue weighted by atomic mass is 16.5. The van der Waals surface area contributed by atoms with Gasteiger partial charge in [-0.3, -0.25) is 9.69 Å². The number of hydrogen-bond acceptors (Lipinski definition) is 4. The van der Waals surface area contributed by atoms with Crippen LogP contribution in [0.1, 0.15) is 33.1 Å². The van der Waals surface area contributed by atoms with Crippen LogP contribution in [0.3, 0.4) is 0 Å². The molecule has 0 amide bonds. The summed E-state index contributed by atoms with van der Waals surface area (Å²) >= 11 is 0. The number of fused-ring (bicyclic) bond motifs is 1. The second-order valence-corrected chi connectivity index (χ2v) is 6.84. The molecule has 26 heavy (non-hydrogen) atoms. The summed E-state index contributed by atoms with van der Waals surface area (Å²) in [7, 11) is 1.65. The molecular weight excluding hydrogens is 326 g/mol. The van der Waals surface area contributed by atoms with Crippen molar-refractivity contribution in [3.8, 4) is 5.75 Å². The number of nitrogens with zero attached hydrogens (tertiary/aromatic N) is 1. The van der Waals surface area contributed by atoms with Crippen LogP contribution in [-0.4, -0.2) is 44.1 Å². The molecular formula is C22H23NO3. The van der Waals surface area contributed by atoms with Gasteiger partial charge in [-0.05, 0) is 36.3 Å². The lowest BCUT2D eigenvalue weighted by Crippen LogP contribution is -2.39. The molecule has 1 aliphatic heterocycles. The zero-order valence-corrected chi connectivity index (χ0v) is 15.2. The van der Waals surface area contributed by atoms with Crippen molar-refractivity contribution in [2.75, 3.05) is 33.4 Å². The number of Topliss-reactive ketones (excluding diaryl/α,β-unsaturated/α-hetero) is 1. The lowest BCUT2D eigenvalue weighted by Gasteiger charge is -2.33. The maximum atomic E-state index is 13.1. The molecule has 2 aromatic carbocycles. The van der Waals surface area contributed by atoms with Gasteiger partial charge in [0, 0.05) is 24.2 Å². The lowest BCUT2D eigenvalue weighted by molar-refractivity contribution is 0.0242. The average Bonchev–Trinajstić information content (AvgIpc) is 2.94. The van der Waals surface area contributed by atoms with Gasteiger partial charge in [0.2, 0.25) is 0 Å². The Hall–Kier alpha value is -2.43. The topological polar surface area (TPSA) is 38.8 Å². The molecule has 0 bridgehead atoms. The molecule has 0 N–H and O–H groups in total. The Kier molecular flexibility index (Phi) is 4.62. The van der Waals surface area contributed by atoms with Crippen LogP contribution in [0, 0.1) is 6.92 Å². The number of carbonyl (C=O) groups excluding carboxylic acids is 1. The minimum absolute atomic E-state index is 0.00315. The fraction of sp³-hybridized carbons (Fsp3) is 0.318. The first-order valence-corrected chi connectivity index (χ1v) is 9.00. The molecule has 1 atom stereocenters. The van der Waals surface area contributed by atoms with Crippen LogP contribution >= 0.6 is 0 Å². The number of ketones is 1. The molecule has 2 aromatic rings. The van der Waals surface area contributed by atoms with E-state index in [-0.39, 0.29) is 11.8 Å². The largest absolute Gasteiger partial charge is 0.497 e. The van der Waals surface area contributed by atoms with Gasteiger partial charge in [-0.2, -0.15) is 0 Å². The average molecular weight is 349 g/mol. The second kappa shape index (κ2) is 7.06. The third-order valence-corrected chi connectivity index (χ3v) is 5.15. The summed E-state index contributed by atoms with van der Waals surface area (Å²) in [5.74, 6) is 0.945. The van der Waals surface area contributed by atoms with Crippen LogP contribution in [-0.2, 0) is 4.74 Å². The fourth-order valence-electron chi connectivity index (χ4n) is 3.82. The van der Waals surface area contributed by atoms with Crippen molar-refractivity contribution in [1.82, 2.24) is 4.90 Å². The Balaban J connectivity index is 1.78. The predicted molar refractivity (Wildman–Crippen MR) is 102 cm³/mol. The first-order chi connectivity index (χ1) is 12.7. The minimum Gasteiger partial charge on any atom is -0.497 e. The van der Waals surface area contributed by atoms with E-state index in [1.807, 2.05) is 42.5 Å². The summed E-state index contributed by atoms with van der Waals surface area (Å²) in [6, 6.07) is 14.0. The number of rotatable bonds is 3. The van der Waals surface area contributed by atoms with E-state index in [0.29, 0.717) is 13.2 Å². The molecule has 1 unspecified atom stereocenters. The molecule has 0 saturated carbocycles. The van der Waals surface area contributed by atoms with Gasteiger partial charge in [0.05, 0.1) is 26.4 Å². The van der Waals surface area contributed by atoms with Gasteiger partial charge in [-0.15, -0.1) is 0 Å². The molecule has 4 rings (SSSR count). The monoisotopic (exact) mass is 349 g/mol. The van der Waals surface area contributed by atoms with Crippen molar-refractivity contribution in [1.29, 1.82) is 0 Å². The summed E-state index contributed by atoms with van der Waals surface area (Å²) in [5.41, 5.74) is 4.98. The highest BCUT2D eigenvalue weighted by Gasteiger charge is 2.38. The number of ether oxygens (including phenoxy) is 2. The van der Waals surface area contributed by atoms with Gasteiger partial charge < -0.3 is 9.47 Å². The molecule has 4 heteroatoms. The third kappa shape index (κ3) is 3.06. The standard InChI is InChI=1S/C22H23NO3/c1-15-3-8-18-19(13-15)21(23-9-11-26-12-10-23)20(22(18)24)14-16-4-6-17(25-2)7-5-16/h3-8,13-14,21H,9-12H2,1-2H3/b20-14+. The smallest absolute Gasteiger partial charge is 0.191 e. The van der Waals surface area contributed by atoms with Crippen molar-refractivity contribution < 1.29 is 14.3 Å². The van der Waals surface area contributed by atoms with E-state index in [9.17, 15) is 4.79 Å². The highest BCUT2D eigenvalue weighted by molar-refractivity contribution is 6.16. The number of hydrogen-bond donors (Lipinski definition) is 0. The Morgan fingerprint density at radius 2 is 1.85 bits per heavy atom. The van der Waals surface area contributed by atoms with Crippen LogP contribution in [0.2, 0.25) is 0 Å². The summed E-state index contributed by atoms with van der Waals surface area (Å²) in [4.78, 5) is 15.5. The van der Waals surface area contributed by atoms with Crippen molar-refractivity contribution in [3.63, 3.8) is 0 Å². The van der Waals surface area contributed by atoms with Gasteiger partial charge in [0.15, 0.2) is 5.78 Å². The number of carbonyl (C=O) groups is 1. The Labute approximate surface area is 154 Å². The molecule has 1 fully saturated rings. The molecule has 0 aromatic heterocycles. The minimum atomic E-state index is 0.00315. The van der Waals surface area contributed by atoms with Gasteiger partial charge in [0.1, 0.15) is 5.75 Å². The van der Waals surface area contributed by atoms with Crippen LogP contribution in [0.25, 0.3) is 6.08 Å². The van der Waals surface area contributed by atoms with Gasteiger partial charge in [-0.1, -0.05) is 35.9 Å². The van der Waals surface area contributed by atoms with Crippen molar-refractivity contribution in [3.05, 3.63) is 70.3 Å². The fourth-order valence-corrected chi connectivity index (χ4v) is 3.82. The van der Waals surface area contributed by atoms with Crippen LogP contribution in [0.15, 0.2) is 48.0 Å². The molecule has 1 heterocycles. The Morgan fingerprint density at radius 1 is 1.12 bits per heavy atom. The molecule has 0 radical (unpaired) electrons. The summed E-state index contributed by atoms with van der Waals surface area (Å²) in [5, 5.41) is 0. The van der Waals surface area contributed by atoms with E-state index in [0.717, 1.165) is 41.1 Å². The Morgan fingerprint density at radius 3 is 2.54 bits per heavy atom. The predicted octanol–water partition coefficient (Wildman–Crippen LogP) is 3.66. The van der Waals surface area contributed by atoms with Crippen LogP contribution in [0.4, 0.5) is 0 Å².